The van der Waals surface area contributed by atoms with Crippen molar-refractivity contribution in [2.75, 3.05) is 31.2 Å². The summed E-state index contributed by atoms with van der Waals surface area (Å²) in [4.78, 5) is 21.5. The van der Waals surface area contributed by atoms with Gasteiger partial charge in [0.1, 0.15) is 6.04 Å². The van der Waals surface area contributed by atoms with Crippen molar-refractivity contribution in [2.24, 2.45) is 0 Å². The Balaban J connectivity index is 3.55. The Morgan fingerprint density at radius 2 is 2.06 bits per heavy atom. The summed E-state index contributed by atoms with van der Waals surface area (Å²) in [5.74, 6) is 0.357. The van der Waals surface area contributed by atoms with Crippen molar-refractivity contribution in [1.82, 2.24) is 10.6 Å². The number of amides is 1. The Hall–Kier alpha value is -0.790. The Morgan fingerprint density at radius 3 is 2.59 bits per heavy atom. The molecular weight excluding hydrogens is 244 g/mol. The monoisotopic (exact) mass is 264 g/mol. The first-order chi connectivity index (χ1) is 8.07. The zero-order valence-electron chi connectivity index (χ0n) is 9.94. The summed E-state index contributed by atoms with van der Waals surface area (Å²) >= 11 is 1.69. The molecule has 1 atom stereocenters. The van der Waals surface area contributed by atoms with Crippen LogP contribution in [0.3, 0.4) is 0 Å². The zero-order valence-corrected chi connectivity index (χ0v) is 10.8. The van der Waals surface area contributed by atoms with Crippen molar-refractivity contribution in [2.45, 2.75) is 19.4 Å². The van der Waals surface area contributed by atoms with Crippen molar-refractivity contribution in [1.29, 1.82) is 0 Å². The van der Waals surface area contributed by atoms with Crippen molar-refractivity contribution < 1.29 is 19.8 Å². The van der Waals surface area contributed by atoms with Crippen LogP contribution in [0.2, 0.25) is 0 Å². The number of aliphatic hydroxyl groups excluding tert-OH is 1. The molecule has 1 unspecified atom stereocenters. The highest BCUT2D eigenvalue weighted by Gasteiger charge is 2.17. The van der Waals surface area contributed by atoms with Crippen LogP contribution in [0.1, 0.15) is 13.3 Å². The maximum atomic E-state index is 10.8. The van der Waals surface area contributed by atoms with Gasteiger partial charge in [0.25, 0.3) is 0 Å². The van der Waals surface area contributed by atoms with Crippen LogP contribution < -0.4 is 10.6 Å². The predicted octanol–water partition coefficient (Wildman–Crippen LogP) is -0.719. The first-order valence-corrected chi connectivity index (χ1v) is 6.62. The fourth-order valence-electron chi connectivity index (χ4n) is 1.10. The lowest BCUT2D eigenvalue weighted by atomic mass is 10.3. The van der Waals surface area contributed by atoms with E-state index in [-0.39, 0.29) is 19.1 Å². The highest BCUT2D eigenvalue weighted by atomic mass is 32.2. The average Bonchev–Trinajstić information content (AvgIpc) is 2.25. The summed E-state index contributed by atoms with van der Waals surface area (Å²) in [6.07, 6.45) is 0.772. The molecule has 0 spiro atoms. The van der Waals surface area contributed by atoms with Gasteiger partial charge in [-0.15, -0.1) is 0 Å². The molecule has 6 nitrogen and oxygen atoms in total. The van der Waals surface area contributed by atoms with E-state index in [0.717, 1.165) is 17.9 Å². The third kappa shape index (κ3) is 10.1. The molecule has 17 heavy (non-hydrogen) atoms. The third-order valence-corrected chi connectivity index (χ3v) is 2.96. The van der Waals surface area contributed by atoms with E-state index in [2.05, 4.69) is 10.6 Å². The molecule has 1 amide bonds. The van der Waals surface area contributed by atoms with E-state index in [1.165, 1.54) is 6.92 Å². The number of carbonyl (C=O) groups is 2. The Kier molecular flexibility index (Phi) is 9.89. The molecular formula is C10H20N2O4S. The van der Waals surface area contributed by atoms with Gasteiger partial charge in [0.2, 0.25) is 5.91 Å². The van der Waals surface area contributed by atoms with Gasteiger partial charge in [-0.1, -0.05) is 0 Å². The maximum Gasteiger partial charge on any atom is 0.327 e. The minimum Gasteiger partial charge on any atom is -0.480 e. The molecule has 0 bridgehead atoms. The van der Waals surface area contributed by atoms with Crippen LogP contribution in [0.5, 0.6) is 0 Å². The molecule has 0 aliphatic carbocycles. The van der Waals surface area contributed by atoms with Gasteiger partial charge in [0.15, 0.2) is 0 Å². The SMILES string of the molecule is CC(=O)NC(CNCCSCCCO)C(=O)O. The van der Waals surface area contributed by atoms with Crippen molar-refractivity contribution >= 4 is 23.6 Å². The van der Waals surface area contributed by atoms with Crippen molar-refractivity contribution in [3.63, 3.8) is 0 Å². The first kappa shape index (κ1) is 16.2. The molecule has 0 aromatic rings. The number of aliphatic carboxylic acids is 1. The molecule has 0 saturated carbocycles. The van der Waals surface area contributed by atoms with Gasteiger partial charge in [0.05, 0.1) is 0 Å². The van der Waals surface area contributed by atoms with Gasteiger partial charge in [-0.25, -0.2) is 4.79 Å². The summed E-state index contributed by atoms with van der Waals surface area (Å²) in [6, 6.07) is -0.880. The van der Waals surface area contributed by atoms with Gasteiger partial charge < -0.3 is 20.8 Å². The van der Waals surface area contributed by atoms with Crippen molar-refractivity contribution in [3.05, 3.63) is 0 Å². The quantitative estimate of drug-likeness (QED) is 0.389. The molecule has 0 aromatic carbocycles. The van der Waals surface area contributed by atoms with Gasteiger partial charge in [0, 0.05) is 32.4 Å². The fourth-order valence-corrected chi connectivity index (χ4v) is 1.93. The molecule has 7 heteroatoms. The van der Waals surface area contributed by atoms with Gasteiger partial charge >= 0.3 is 5.97 Å². The lowest BCUT2D eigenvalue weighted by molar-refractivity contribution is -0.141. The van der Waals surface area contributed by atoms with Crippen LogP contribution in [0.25, 0.3) is 0 Å². The standard InChI is InChI=1S/C10H20N2O4S/c1-8(14)12-9(10(15)16)7-11-3-6-17-5-2-4-13/h9,11,13H,2-7H2,1H3,(H,12,14)(H,15,16). The molecule has 0 aliphatic heterocycles. The van der Waals surface area contributed by atoms with E-state index in [1.807, 2.05) is 0 Å². The molecule has 0 aliphatic rings. The number of aliphatic hydroxyl groups is 1. The summed E-state index contributed by atoms with van der Waals surface area (Å²) in [5, 5.41) is 22.7. The third-order valence-electron chi connectivity index (χ3n) is 1.89. The second-order valence-corrected chi connectivity index (χ2v) is 4.71. The molecule has 100 valence electrons. The molecule has 0 heterocycles. The largest absolute Gasteiger partial charge is 0.480 e. The lowest BCUT2D eigenvalue weighted by Gasteiger charge is -2.13. The summed E-state index contributed by atoms with van der Waals surface area (Å²) in [6.45, 7) is 2.39. The van der Waals surface area contributed by atoms with E-state index in [1.54, 1.807) is 11.8 Å². The summed E-state index contributed by atoms with van der Waals surface area (Å²) < 4.78 is 0. The Bertz CT molecular complexity index is 238. The van der Waals surface area contributed by atoms with Crippen LogP contribution in [0.15, 0.2) is 0 Å². The number of carboxylic acid groups (broad SMARTS) is 1. The number of hydrogen-bond acceptors (Lipinski definition) is 5. The number of thioether (sulfide) groups is 1. The fraction of sp³-hybridized carbons (Fsp3) is 0.800. The highest BCUT2D eigenvalue weighted by Crippen LogP contribution is 1.99. The molecule has 4 N–H and O–H groups in total. The smallest absolute Gasteiger partial charge is 0.327 e. The van der Waals surface area contributed by atoms with E-state index in [0.29, 0.717) is 6.54 Å². The molecule has 0 saturated heterocycles. The molecule has 0 fully saturated rings. The highest BCUT2D eigenvalue weighted by molar-refractivity contribution is 7.99. The second-order valence-electron chi connectivity index (χ2n) is 3.49. The van der Waals surface area contributed by atoms with Gasteiger partial charge in [-0.3, -0.25) is 4.79 Å². The Morgan fingerprint density at radius 1 is 1.35 bits per heavy atom. The van der Waals surface area contributed by atoms with Crippen LogP contribution in [-0.4, -0.2) is 59.3 Å². The zero-order chi connectivity index (χ0) is 13.1. The first-order valence-electron chi connectivity index (χ1n) is 5.47. The minimum atomic E-state index is -1.04. The number of nitrogens with one attached hydrogen (secondary N) is 2. The van der Waals surface area contributed by atoms with E-state index in [4.69, 9.17) is 10.2 Å². The maximum absolute atomic E-state index is 10.8. The lowest BCUT2D eigenvalue weighted by Crippen LogP contribution is -2.46. The van der Waals surface area contributed by atoms with Crippen molar-refractivity contribution in [3.8, 4) is 0 Å². The van der Waals surface area contributed by atoms with Gasteiger partial charge in [-0.2, -0.15) is 11.8 Å². The molecule has 0 radical (unpaired) electrons. The topological polar surface area (TPSA) is 98.7 Å². The van der Waals surface area contributed by atoms with Crippen LogP contribution >= 0.6 is 11.8 Å². The van der Waals surface area contributed by atoms with Gasteiger partial charge in [-0.05, 0) is 12.2 Å². The summed E-state index contributed by atoms with van der Waals surface area (Å²) in [5.41, 5.74) is 0. The number of carbonyl (C=O) groups excluding carboxylic acids is 1. The number of hydrogen-bond donors (Lipinski definition) is 4. The summed E-state index contributed by atoms with van der Waals surface area (Å²) in [7, 11) is 0. The molecule has 0 aromatic heterocycles. The van der Waals surface area contributed by atoms with E-state index in [9.17, 15) is 9.59 Å². The van der Waals surface area contributed by atoms with Crippen LogP contribution in [-0.2, 0) is 9.59 Å². The second kappa shape index (κ2) is 10.4. The minimum absolute atomic E-state index is 0.198. The molecule has 0 rings (SSSR count). The number of rotatable bonds is 10. The predicted molar refractivity (Wildman–Crippen MR) is 67.1 cm³/mol. The Labute approximate surface area is 105 Å². The normalized spacial score (nSPS) is 12.1. The van der Waals surface area contributed by atoms with E-state index >= 15 is 0 Å². The average molecular weight is 264 g/mol. The van der Waals surface area contributed by atoms with E-state index < -0.39 is 12.0 Å². The number of carboxylic acids is 1. The van der Waals surface area contributed by atoms with Crippen LogP contribution in [0, 0.1) is 0 Å². The van der Waals surface area contributed by atoms with Crippen LogP contribution in [0.4, 0.5) is 0 Å².